The number of methoxy groups -OCH3 is 1. The Balaban J connectivity index is 1.72. The van der Waals surface area contributed by atoms with Crippen molar-refractivity contribution < 1.29 is 14.3 Å². The normalized spacial score (nSPS) is 21.1. The van der Waals surface area contributed by atoms with Crippen molar-refractivity contribution >= 4 is 16.7 Å². The third-order valence-corrected chi connectivity index (χ3v) is 5.46. The Labute approximate surface area is 150 Å². The number of fused-ring (bicyclic) bond motifs is 1. The van der Waals surface area contributed by atoms with Crippen LogP contribution >= 0.6 is 0 Å². The van der Waals surface area contributed by atoms with Crippen LogP contribution in [0.1, 0.15) is 56.8 Å². The Morgan fingerprint density at radius 1 is 1.04 bits per heavy atom. The maximum Gasteiger partial charge on any atom is 0.338 e. The van der Waals surface area contributed by atoms with Crippen molar-refractivity contribution in [3.8, 4) is 5.75 Å². The number of rotatable bonds is 3. The Morgan fingerprint density at radius 2 is 1.76 bits per heavy atom. The molecule has 0 saturated heterocycles. The van der Waals surface area contributed by atoms with Gasteiger partial charge in [0.1, 0.15) is 5.75 Å². The Kier molecular flexibility index (Phi) is 5.03. The molecule has 1 aliphatic carbocycles. The minimum atomic E-state index is -0.306. The largest absolute Gasteiger partial charge is 0.490 e. The number of ether oxygens (including phenoxy) is 2. The minimum Gasteiger partial charge on any atom is -0.490 e. The van der Waals surface area contributed by atoms with Gasteiger partial charge in [0, 0.05) is 0 Å². The lowest BCUT2D eigenvalue weighted by Gasteiger charge is -2.37. The predicted molar refractivity (Wildman–Crippen MR) is 101 cm³/mol. The van der Waals surface area contributed by atoms with Crippen molar-refractivity contribution in [2.45, 2.75) is 52.6 Å². The molecule has 0 heterocycles. The van der Waals surface area contributed by atoms with E-state index in [0.717, 1.165) is 35.3 Å². The van der Waals surface area contributed by atoms with Gasteiger partial charge in [-0.15, -0.1) is 0 Å². The molecule has 0 aromatic heterocycles. The summed E-state index contributed by atoms with van der Waals surface area (Å²) in [5, 5.41) is 1.90. The second-order valence-electron chi connectivity index (χ2n) is 8.14. The summed E-state index contributed by atoms with van der Waals surface area (Å²) in [7, 11) is 1.41. The van der Waals surface area contributed by atoms with Crippen molar-refractivity contribution in [2.24, 2.45) is 11.3 Å². The van der Waals surface area contributed by atoms with E-state index >= 15 is 0 Å². The molecule has 3 heteroatoms. The smallest absolute Gasteiger partial charge is 0.338 e. The number of carbonyl (C=O) groups excluding carboxylic acids is 1. The monoisotopic (exact) mass is 340 g/mol. The van der Waals surface area contributed by atoms with Gasteiger partial charge in [0.2, 0.25) is 0 Å². The Morgan fingerprint density at radius 3 is 2.40 bits per heavy atom. The molecule has 0 radical (unpaired) electrons. The summed E-state index contributed by atoms with van der Waals surface area (Å²) >= 11 is 0. The molecule has 3 nitrogen and oxygen atoms in total. The maximum absolute atomic E-state index is 11.9. The molecule has 0 aliphatic heterocycles. The summed E-state index contributed by atoms with van der Waals surface area (Å²) in [4.78, 5) is 11.9. The molecule has 2 aromatic rings. The maximum atomic E-state index is 11.9. The van der Waals surface area contributed by atoms with Crippen LogP contribution in [0.25, 0.3) is 10.8 Å². The zero-order valence-electron chi connectivity index (χ0n) is 15.7. The molecule has 25 heavy (non-hydrogen) atoms. The van der Waals surface area contributed by atoms with Gasteiger partial charge < -0.3 is 9.47 Å². The van der Waals surface area contributed by atoms with Crippen LogP contribution in [0.3, 0.4) is 0 Å². The first-order valence-corrected chi connectivity index (χ1v) is 9.16. The summed E-state index contributed by atoms with van der Waals surface area (Å²) in [6.45, 7) is 7.00. The van der Waals surface area contributed by atoms with E-state index in [4.69, 9.17) is 9.47 Å². The predicted octanol–water partition coefficient (Wildman–Crippen LogP) is 5.61. The second kappa shape index (κ2) is 7.07. The summed E-state index contributed by atoms with van der Waals surface area (Å²) in [6.07, 6.45) is 4.98. The Hall–Kier alpha value is -2.03. The van der Waals surface area contributed by atoms with Crippen molar-refractivity contribution in [1.29, 1.82) is 0 Å². The van der Waals surface area contributed by atoms with Gasteiger partial charge in [0.15, 0.2) is 0 Å². The van der Waals surface area contributed by atoms with Gasteiger partial charge in [-0.2, -0.15) is 0 Å². The van der Waals surface area contributed by atoms with Crippen LogP contribution in [0.15, 0.2) is 36.4 Å². The molecule has 134 valence electrons. The van der Waals surface area contributed by atoms with Crippen LogP contribution in [-0.4, -0.2) is 19.2 Å². The topological polar surface area (TPSA) is 35.5 Å². The molecule has 0 amide bonds. The van der Waals surface area contributed by atoms with Crippen LogP contribution in [0.2, 0.25) is 0 Å². The number of hydrogen-bond donors (Lipinski definition) is 0. The van der Waals surface area contributed by atoms with Gasteiger partial charge in [-0.1, -0.05) is 32.9 Å². The quantitative estimate of drug-likeness (QED) is 0.681. The lowest BCUT2D eigenvalue weighted by atomic mass is 9.72. The van der Waals surface area contributed by atoms with Gasteiger partial charge in [-0.25, -0.2) is 4.79 Å². The first kappa shape index (κ1) is 17.8. The highest BCUT2D eigenvalue weighted by molar-refractivity contribution is 6.04. The molecule has 1 saturated carbocycles. The van der Waals surface area contributed by atoms with E-state index in [0.29, 0.717) is 17.1 Å². The van der Waals surface area contributed by atoms with E-state index in [1.54, 1.807) is 6.07 Å². The summed E-state index contributed by atoms with van der Waals surface area (Å²) < 4.78 is 11.1. The van der Waals surface area contributed by atoms with Crippen molar-refractivity contribution in [1.82, 2.24) is 0 Å². The van der Waals surface area contributed by atoms with Gasteiger partial charge in [0.05, 0.1) is 18.8 Å². The van der Waals surface area contributed by atoms with E-state index in [9.17, 15) is 4.79 Å². The third kappa shape index (κ3) is 3.97. The highest BCUT2D eigenvalue weighted by Crippen LogP contribution is 2.39. The van der Waals surface area contributed by atoms with Crippen LogP contribution < -0.4 is 4.74 Å². The second-order valence-corrected chi connectivity index (χ2v) is 8.14. The number of hydrogen-bond acceptors (Lipinski definition) is 3. The van der Waals surface area contributed by atoms with E-state index in [2.05, 4.69) is 20.8 Å². The lowest BCUT2D eigenvalue weighted by molar-refractivity contribution is 0.0603. The average molecular weight is 340 g/mol. The number of benzene rings is 2. The zero-order chi connectivity index (χ0) is 18.0. The number of esters is 1. The molecule has 2 aromatic carbocycles. The fourth-order valence-corrected chi connectivity index (χ4v) is 3.86. The van der Waals surface area contributed by atoms with Crippen LogP contribution in [0, 0.1) is 11.3 Å². The summed E-state index contributed by atoms with van der Waals surface area (Å²) in [6, 6.07) is 11.6. The highest BCUT2D eigenvalue weighted by atomic mass is 16.5. The molecule has 0 atom stereocenters. The summed E-state index contributed by atoms with van der Waals surface area (Å²) in [5.41, 5.74) is 0.982. The van der Waals surface area contributed by atoms with E-state index in [1.165, 1.54) is 20.0 Å². The van der Waals surface area contributed by atoms with Crippen molar-refractivity contribution in [3.63, 3.8) is 0 Å². The Bertz CT molecular complexity index is 749. The van der Waals surface area contributed by atoms with E-state index in [-0.39, 0.29) is 5.97 Å². The highest BCUT2D eigenvalue weighted by Gasteiger charge is 2.30. The molecule has 1 fully saturated rings. The van der Waals surface area contributed by atoms with Crippen LogP contribution in [-0.2, 0) is 4.74 Å². The first-order valence-electron chi connectivity index (χ1n) is 9.16. The molecule has 0 spiro atoms. The fraction of sp³-hybridized carbons (Fsp3) is 0.500. The van der Waals surface area contributed by atoms with Crippen LogP contribution in [0.4, 0.5) is 0 Å². The molecule has 1 aliphatic rings. The summed E-state index contributed by atoms with van der Waals surface area (Å²) in [5.74, 6) is 1.36. The zero-order valence-corrected chi connectivity index (χ0v) is 15.7. The van der Waals surface area contributed by atoms with E-state index in [1.807, 2.05) is 30.3 Å². The molecule has 3 rings (SSSR count). The van der Waals surface area contributed by atoms with Gasteiger partial charge in [-0.3, -0.25) is 0 Å². The molecule has 0 unspecified atom stereocenters. The SMILES string of the molecule is COC(=O)c1cccc2cc(O[C@H]3CC[C@H](C(C)(C)C)CC3)ccc12. The van der Waals surface area contributed by atoms with Crippen LogP contribution in [0.5, 0.6) is 5.75 Å². The third-order valence-electron chi connectivity index (χ3n) is 5.46. The molecular formula is C22H28O3. The fourth-order valence-electron chi connectivity index (χ4n) is 3.86. The van der Waals surface area contributed by atoms with Gasteiger partial charge in [-0.05, 0) is 72.1 Å². The van der Waals surface area contributed by atoms with Gasteiger partial charge >= 0.3 is 5.97 Å². The standard InChI is InChI=1S/C22H28O3/c1-22(2,3)16-8-10-17(11-9-16)25-18-12-13-19-15(14-18)6-5-7-20(19)21(23)24-4/h5-7,12-14,16-17H,8-11H2,1-4H3/t16-,17-. The molecule has 0 bridgehead atoms. The van der Waals surface area contributed by atoms with E-state index < -0.39 is 0 Å². The number of carbonyl (C=O) groups is 1. The van der Waals surface area contributed by atoms with Gasteiger partial charge in [0.25, 0.3) is 0 Å². The first-order chi connectivity index (χ1) is 11.9. The van der Waals surface area contributed by atoms with Crippen molar-refractivity contribution in [3.05, 3.63) is 42.0 Å². The average Bonchev–Trinajstić information content (AvgIpc) is 2.60. The minimum absolute atomic E-state index is 0.292. The van der Waals surface area contributed by atoms with Crippen molar-refractivity contribution in [2.75, 3.05) is 7.11 Å². The molecule has 0 N–H and O–H groups in total. The lowest BCUT2D eigenvalue weighted by Crippen LogP contribution is -2.30. The molecular weight excluding hydrogens is 312 g/mol.